The van der Waals surface area contributed by atoms with E-state index in [4.69, 9.17) is 0 Å². The van der Waals surface area contributed by atoms with E-state index >= 15 is 0 Å². The second-order valence-corrected chi connectivity index (χ2v) is 2.73. The van der Waals surface area contributed by atoms with Gasteiger partial charge in [0.25, 0.3) is 0 Å². The third kappa shape index (κ3) is 0.0871. The minimum absolute atomic E-state index is 1.11. The van der Waals surface area contributed by atoms with Gasteiger partial charge in [-0.25, -0.2) is 0 Å². The molecule has 0 aromatic rings. The first-order valence-electron chi connectivity index (χ1n) is 2.72. The van der Waals surface area contributed by atoms with E-state index in [0.717, 1.165) is 12.1 Å². The molecule has 3 rings (SSSR count). The summed E-state index contributed by atoms with van der Waals surface area (Å²) in [6.45, 7) is 1.45. The molecule has 2 saturated heterocycles. The highest BCUT2D eigenvalue weighted by molar-refractivity contribution is 5.23. The maximum Gasteiger partial charge on any atom is 0.0270 e. The molecule has 2 aliphatic heterocycles. The topological polar surface area (TPSA) is 3.01 Å². The van der Waals surface area contributed by atoms with E-state index in [9.17, 15) is 0 Å². The lowest BCUT2D eigenvalue weighted by molar-refractivity contribution is 0.365. The predicted molar refractivity (Wildman–Crippen MR) is 22.4 cm³/mol. The largest absolute Gasteiger partial charge is 0.294 e. The number of hydrogen-bond donors (Lipinski definition) is 0. The van der Waals surface area contributed by atoms with Gasteiger partial charge in [-0.05, 0) is 12.3 Å². The molecule has 32 valence electrons. The van der Waals surface area contributed by atoms with Crippen LogP contribution in [0.4, 0.5) is 0 Å². The van der Waals surface area contributed by atoms with Gasteiger partial charge in [0, 0.05) is 18.6 Å². The van der Waals surface area contributed by atoms with Crippen LogP contribution in [0.1, 0.15) is 6.42 Å². The van der Waals surface area contributed by atoms with E-state index in [1.807, 2.05) is 0 Å². The number of fused-ring (bicyclic) bond motifs is 4. The molecule has 4 atom stereocenters. The Morgan fingerprint density at radius 3 is 2.50 bits per heavy atom. The molecule has 3 aliphatic rings. The standard InChI is InChI=1S/C5H7N/c1-3-4(1)6-2-5(3)6/h3-5H,1-2H2/t3?,4?,5-,6?/m0/s1. The van der Waals surface area contributed by atoms with Gasteiger partial charge in [0.05, 0.1) is 0 Å². The molecule has 3 fully saturated rings. The van der Waals surface area contributed by atoms with Crippen LogP contribution in [-0.4, -0.2) is 23.5 Å². The summed E-state index contributed by atoms with van der Waals surface area (Å²) in [7, 11) is 0. The molecule has 0 aromatic heterocycles. The number of piperidine rings is 1. The van der Waals surface area contributed by atoms with Crippen LogP contribution in [0.25, 0.3) is 0 Å². The first kappa shape index (κ1) is 2.31. The van der Waals surface area contributed by atoms with Crippen molar-refractivity contribution in [2.45, 2.75) is 18.5 Å². The molecule has 0 spiro atoms. The van der Waals surface area contributed by atoms with Crippen molar-refractivity contribution in [3.63, 3.8) is 0 Å². The summed E-state index contributed by atoms with van der Waals surface area (Å²) in [6, 6.07) is 2.21. The van der Waals surface area contributed by atoms with Crippen LogP contribution in [-0.2, 0) is 0 Å². The highest BCUT2D eigenvalue weighted by Gasteiger charge is 2.69. The second-order valence-electron chi connectivity index (χ2n) is 2.73. The Labute approximate surface area is 36.9 Å². The number of nitrogens with zero attached hydrogens (tertiary/aromatic N) is 1. The smallest absolute Gasteiger partial charge is 0.0270 e. The maximum absolute atomic E-state index is 2.59. The normalized spacial score (nSPS) is 80.0. The summed E-state index contributed by atoms with van der Waals surface area (Å²) in [5.74, 6) is 1.20. The molecule has 2 heterocycles. The minimum Gasteiger partial charge on any atom is -0.294 e. The summed E-state index contributed by atoms with van der Waals surface area (Å²) >= 11 is 0. The maximum atomic E-state index is 2.59. The van der Waals surface area contributed by atoms with Gasteiger partial charge in [-0.2, -0.15) is 0 Å². The highest BCUT2D eigenvalue weighted by atomic mass is 15.4. The van der Waals surface area contributed by atoms with Gasteiger partial charge >= 0.3 is 0 Å². The van der Waals surface area contributed by atoms with Gasteiger partial charge in [-0.1, -0.05) is 0 Å². The molecule has 6 heavy (non-hydrogen) atoms. The zero-order valence-electron chi connectivity index (χ0n) is 3.59. The van der Waals surface area contributed by atoms with E-state index < -0.39 is 0 Å². The fraction of sp³-hybridized carbons (Fsp3) is 1.00. The van der Waals surface area contributed by atoms with E-state index in [1.165, 1.54) is 12.5 Å². The molecule has 0 radical (unpaired) electrons. The lowest BCUT2D eigenvalue weighted by Crippen LogP contribution is -2.19. The van der Waals surface area contributed by atoms with Crippen molar-refractivity contribution in [3.05, 3.63) is 0 Å². The summed E-state index contributed by atoms with van der Waals surface area (Å²) in [5.41, 5.74) is 0. The number of hydrogen-bond acceptors (Lipinski definition) is 1. The van der Waals surface area contributed by atoms with Crippen molar-refractivity contribution in [1.29, 1.82) is 0 Å². The fourth-order valence-corrected chi connectivity index (χ4v) is 1.83. The lowest BCUT2D eigenvalue weighted by Gasteiger charge is -2.07. The van der Waals surface area contributed by atoms with Gasteiger partial charge in [-0.15, -0.1) is 0 Å². The van der Waals surface area contributed by atoms with Gasteiger partial charge in [0.15, 0.2) is 0 Å². The first-order chi connectivity index (χ1) is 2.97. The SMILES string of the molecule is C1C2C1N1C[C@@H]21. The Balaban J connectivity index is 2.15. The van der Waals surface area contributed by atoms with E-state index in [2.05, 4.69) is 4.90 Å². The van der Waals surface area contributed by atoms with Crippen molar-refractivity contribution < 1.29 is 0 Å². The second kappa shape index (κ2) is 0.399. The molecule has 3 unspecified atom stereocenters. The Morgan fingerprint density at radius 1 is 1.33 bits per heavy atom. The third-order valence-electron chi connectivity index (χ3n) is 2.42. The summed E-state index contributed by atoms with van der Waals surface area (Å²) < 4.78 is 0. The molecular formula is C5H7N. The number of rotatable bonds is 0. The quantitative estimate of drug-likeness (QED) is 0.373. The van der Waals surface area contributed by atoms with Crippen molar-refractivity contribution in [2.24, 2.45) is 5.92 Å². The third-order valence-corrected chi connectivity index (χ3v) is 2.42. The van der Waals surface area contributed by atoms with Crippen LogP contribution >= 0.6 is 0 Å². The molecule has 1 nitrogen and oxygen atoms in total. The van der Waals surface area contributed by atoms with Gasteiger partial charge in [0.1, 0.15) is 0 Å². The molecule has 1 heteroatoms. The van der Waals surface area contributed by atoms with Crippen LogP contribution < -0.4 is 0 Å². The van der Waals surface area contributed by atoms with Gasteiger partial charge < -0.3 is 0 Å². The lowest BCUT2D eigenvalue weighted by atomic mass is 10.2. The van der Waals surface area contributed by atoms with Crippen molar-refractivity contribution in [1.82, 2.24) is 4.90 Å². The molecule has 1 saturated carbocycles. The Kier molecular flexibility index (Phi) is 0.154. The van der Waals surface area contributed by atoms with Crippen LogP contribution in [0.3, 0.4) is 0 Å². The Bertz CT molecular complexity index is 76.5. The molecular weight excluding hydrogens is 74.1 g/mol. The average Bonchev–Trinajstić information content (AvgIpc) is 2.04. The van der Waals surface area contributed by atoms with Crippen molar-refractivity contribution >= 4 is 0 Å². The summed E-state index contributed by atoms with van der Waals surface area (Å²) in [6.07, 6.45) is 1.55. The van der Waals surface area contributed by atoms with Crippen LogP contribution in [0.15, 0.2) is 0 Å². The average molecular weight is 81.1 g/mol. The Hall–Kier alpha value is -0.0400. The van der Waals surface area contributed by atoms with E-state index in [1.54, 1.807) is 6.42 Å². The van der Waals surface area contributed by atoms with Crippen LogP contribution in [0.2, 0.25) is 0 Å². The van der Waals surface area contributed by atoms with Crippen LogP contribution in [0.5, 0.6) is 0 Å². The molecule has 0 N–H and O–H groups in total. The fourth-order valence-electron chi connectivity index (χ4n) is 1.83. The molecule has 0 bridgehead atoms. The molecule has 1 aliphatic carbocycles. The Morgan fingerprint density at radius 2 is 2.33 bits per heavy atom. The van der Waals surface area contributed by atoms with E-state index in [-0.39, 0.29) is 0 Å². The van der Waals surface area contributed by atoms with Gasteiger partial charge in [-0.3, -0.25) is 4.90 Å². The van der Waals surface area contributed by atoms with E-state index in [0.29, 0.717) is 0 Å². The van der Waals surface area contributed by atoms with Crippen molar-refractivity contribution in [2.75, 3.05) is 6.54 Å². The first-order valence-corrected chi connectivity index (χ1v) is 2.72. The summed E-state index contributed by atoms with van der Waals surface area (Å²) in [5, 5.41) is 0. The monoisotopic (exact) mass is 81.1 g/mol. The van der Waals surface area contributed by atoms with Gasteiger partial charge in [0.2, 0.25) is 0 Å². The zero-order valence-corrected chi connectivity index (χ0v) is 3.59. The zero-order chi connectivity index (χ0) is 3.72. The molecule has 0 aromatic carbocycles. The predicted octanol–water partition coefficient (Wildman–Crippen LogP) is 0.0727. The summed E-state index contributed by atoms with van der Waals surface area (Å²) in [4.78, 5) is 2.59. The molecule has 0 amide bonds. The van der Waals surface area contributed by atoms with Crippen molar-refractivity contribution in [3.8, 4) is 0 Å². The minimum atomic E-state index is 1.11. The van der Waals surface area contributed by atoms with Crippen LogP contribution in [0, 0.1) is 5.92 Å². The highest BCUT2D eigenvalue weighted by Crippen LogP contribution is 2.60.